The van der Waals surface area contributed by atoms with Gasteiger partial charge in [-0.15, -0.1) is 0 Å². The zero-order chi connectivity index (χ0) is 6.81. The second-order valence-electron chi connectivity index (χ2n) is 2.81. The van der Waals surface area contributed by atoms with Crippen LogP contribution in [-0.4, -0.2) is 23.8 Å². The summed E-state index contributed by atoms with van der Waals surface area (Å²) in [4.78, 5) is 6.74. The molecule has 10 heavy (non-hydrogen) atoms. The van der Waals surface area contributed by atoms with Crippen LogP contribution in [0.25, 0.3) is 0 Å². The molecule has 0 aromatic carbocycles. The van der Waals surface area contributed by atoms with Gasteiger partial charge in [0.15, 0.2) is 0 Å². The van der Waals surface area contributed by atoms with Crippen molar-refractivity contribution in [2.75, 3.05) is 13.1 Å². The van der Waals surface area contributed by atoms with E-state index in [0.29, 0.717) is 0 Å². The molecule has 2 heterocycles. The molecule has 2 rings (SSSR count). The Morgan fingerprint density at radius 2 is 2.40 bits per heavy atom. The van der Waals surface area contributed by atoms with E-state index in [4.69, 9.17) is 0 Å². The van der Waals surface area contributed by atoms with Gasteiger partial charge < -0.3 is 4.90 Å². The summed E-state index contributed by atoms with van der Waals surface area (Å²) in [5, 5.41) is 0. The largest absolute Gasteiger partial charge is 0.360 e. The van der Waals surface area contributed by atoms with Gasteiger partial charge in [0.1, 0.15) is 5.84 Å². The molecule has 0 aliphatic carbocycles. The molecule has 0 spiro atoms. The second-order valence-corrected chi connectivity index (χ2v) is 2.81. The predicted molar refractivity (Wildman–Crippen MR) is 42.0 cm³/mol. The number of amidine groups is 1. The molecule has 1 saturated heterocycles. The van der Waals surface area contributed by atoms with Gasteiger partial charge in [-0.2, -0.15) is 0 Å². The third kappa shape index (κ3) is 0.939. The molecule has 0 amide bonds. The molecule has 0 unspecified atom stereocenters. The maximum atomic E-state index is 4.35. The van der Waals surface area contributed by atoms with E-state index in [1.807, 2.05) is 6.20 Å². The van der Waals surface area contributed by atoms with Gasteiger partial charge in [-0.3, -0.25) is 0 Å². The average Bonchev–Trinajstić information content (AvgIpc) is 2.28. The van der Waals surface area contributed by atoms with Crippen LogP contribution in [0.15, 0.2) is 17.3 Å². The highest BCUT2D eigenvalue weighted by Crippen LogP contribution is 2.14. The first-order chi connectivity index (χ1) is 4.97. The minimum absolute atomic E-state index is 1.16. The van der Waals surface area contributed by atoms with Crippen LogP contribution in [0.5, 0.6) is 0 Å². The van der Waals surface area contributed by atoms with Gasteiger partial charge in [-0.05, 0) is 12.8 Å². The number of aliphatic imine (C=N–C) groups is 1. The first-order valence-corrected chi connectivity index (χ1v) is 3.93. The van der Waals surface area contributed by atoms with Crippen LogP contribution in [0.4, 0.5) is 0 Å². The highest BCUT2D eigenvalue weighted by Gasteiger charge is 2.17. The van der Waals surface area contributed by atoms with Crippen molar-refractivity contribution >= 4 is 5.84 Å². The highest BCUT2D eigenvalue weighted by atomic mass is 15.2. The van der Waals surface area contributed by atoms with Crippen LogP contribution in [-0.2, 0) is 0 Å². The van der Waals surface area contributed by atoms with E-state index < -0.39 is 0 Å². The van der Waals surface area contributed by atoms with Gasteiger partial charge in [-0.1, -0.05) is 6.08 Å². The van der Waals surface area contributed by atoms with Gasteiger partial charge in [0, 0.05) is 25.7 Å². The van der Waals surface area contributed by atoms with Crippen molar-refractivity contribution in [3.8, 4) is 0 Å². The zero-order valence-corrected chi connectivity index (χ0v) is 6.08. The molecular weight excluding hydrogens is 124 g/mol. The van der Waals surface area contributed by atoms with Crippen molar-refractivity contribution in [1.29, 1.82) is 0 Å². The van der Waals surface area contributed by atoms with Gasteiger partial charge in [-0.25, -0.2) is 4.99 Å². The SMILES string of the molecule is C1=CN=C2CCCN2CC1. The Morgan fingerprint density at radius 1 is 1.40 bits per heavy atom. The van der Waals surface area contributed by atoms with E-state index >= 15 is 0 Å². The lowest BCUT2D eigenvalue weighted by atomic mass is 10.4. The molecule has 2 heteroatoms. The van der Waals surface area contributed by atoms with Crippen LogP contribution < -0.4 is 0 Å². The summed E-state index contributed by atoms with van der Waals surface area (Å²) in [7, 11) is 0. The van der Waals surface area contributed by atoms with Crippen molar-refractivity contribution in [3.05, 3.63) is 12.3 Å². The van der Waals surface area contributed by atoms with Crippen molar-refractivity contribution in [3.63, 3.8) is 0 Å². The maximum Gasteiger partial charge on any atom is 0.104 e. The Morgan fingerprint density at radius 3 is 3.40 bits per heavy atom. The first-order valence-electron chi connectivity index (χ1n) is 3.93. The zero-order valence-electron chi connectivity index (χ0n) is 6.08. The first kappa shape index (κ1) is 5.96. The van der Waals surface area contributed by atoms with E-state index in [1.165, 1.54) is 31.8 Å². The molecule has 0 bridgehead atoms. The summed E-state index contributed by atoms with van der Waals surface area (Å²) < 4.78 is 0. The molecule has 0 saturated carbocycles. The molecule has 54 valence electrons. The standard InChI is InChI=1S/C8H12N2/c1-2-6-10-7-3-4-8(10)9-5-1/h1,5H,2-4,6-7H2. The second kappa shape index (κ2) is 2.45. The van der Waals surface area contributed by atoms with E-state index in [2.05, 4.69) is 16.0 Å². The van der Waals surface area contributed by atoms with Crippen molar-refractivity contribution in [2.45, 2.75) is 19.3 Å². The van der Waals surface area contributed by atoms with Crippen LogP contribution in [0, 0.1) is 0 Å². The third-order valence-corrected chi connectivity index (χ3v) is 2.09. The predicted octanol–water partition coefficient (Wildman–Crippen LogP) is 1.40. The van der Waals surface area contributed by atoms with E-state index in [0.717, 1.165) is 6.42 Å². The highest BCUT2D eigenvalue weighted by molar-refractivity contribution is 5.84. The topological polar surface area (TPSA) is 15.6 Å². The summed E-state index contributed by atoms with van der Waals surface area (Å²) >= 11 is 0. The number of hydrogen-bond donors (Lipinski definition) is 0. The number of nitrogens with zero attached hydrogens (tertiary/aromatic N) is 2. The molecule has 2 nitrogen and oxygen atoms in total. The molecule has 1 fully saturated rings. The number of fused-ring (bicyclic) bond motifs is 1. The summed E-state index contributed by atoms with van der Waals surface area (Å²) in [5.74, 6) is 1.30. The van der Waals surface area contributed by atoms with Crippen LogP contribution in [0.3, 0.4) is 0 Å². The minimum Gasteiger partial charge on any atom is -0.360 e. The Balaban J connectivity index is 2.18. The molecule has 2 aliphatic heterocycles. The number of rotatable bonds is 0. The quantitative estimate of drug-likeness (QED) is 0.491. The molecular formula is C8H12N2. The van der Waals surface area contributed by atoms with Gasteiger partial charge >= 0.3 is 0 Å². The Bertz CT molecular complexity index is 182. The van der Waals surface area contributed by atoms with Gasteiger partial charge in [0.05, 0.1) is 0 Å². The summed E-state index contributed by atoms with van der Waals surface area (Å²) in [6.45, 7) is 2.40. The molecule has 0 N–H and O–H groups in total. The normalized spacial score (nSPS) is 24.0. The lowest BCUT2D eigenvalue weighted by Crippen LogP contribution is -2.24. The summed E-state index contributed by atoms with van der Waals surface area (Å²) in [6.07, 6.45) is 7.73. The van der Waals surface area contributed by atoms with Crippen molar-refractivity contribution in [1.82, 2.24) is 4.90 Å². The Labute approximate surface area is 61.2 Å². The van der Waals surface area contributed by atoms with E-state index in [9.17, 15) is 0 Å². The average molecular weight is 136 g/mol. The van der Waals surface area contributed by atoms with E-state index in [1.54, 1.807) is 0 Å². The fourth-order valence-corrected chi connectivity index (χ4v) is 1.55. The number of hydrogen-bond acceptors (Lipinski definition) is 2. The third-order valence-electron chi connectivity index (χ3n) is 2.09. The molecule has 2 aliphatic rings. The van der Waals surface area contributed by atoms with Crippen LogP contribution >= 0.6 is 0 Å². The van der Waals surface area contributed by atoms with Gasteiger partial charge in [0.2, 0.25) is 0 Å². The fourth-order valence-electron chi connectivity index (χ4n) is 1.55. The molecule has 0 aromatic heterocycles. The fraction of sp³-hybridized carbons (Fsp3) is 0.625. The minimum atomic E-state index is 1.16. The van der Waals surface area contributed by atoms with Crippen molar-refractivity contribution < 1.29 is 0 Å². The Kier molecular flexibility index (Phi) is 1.46. The molecule has 0 radical (unpaired) electrons. The molecule has 0 aromatic rings. The van der Waals surface area contributed by atoms with Gasteiger partial charge in [0.25, 0.3) is 0 Å². The Hall–Kier alpha value is -0.790. The monoisotopic (exact) mass is 136 g/mol. The smallest absolute Gasteiger partial charge is 0.104 e. The summed E-state index contributed by atoms with van der Waals surface area (Å²) in [6, 6.07) is 0. The van der Waals surface area contributed by atoms with Crippen molar-refractivity contribution in [2.24, 2.45) is 4.99 Å². The van der Waals surface area contributed by atoms with Crippen LogP contribution in [0.1, 0.15) is 19.3 Å². The molecule has 0 atom stereocenters. The van der Waals surface area contributed by atoms with Crippen LogP contribution in [0.2, 0.25) is 0 Å². The lowest BCUT2D eigenvalue weighted by molar-refractivity contribution is 0.464. The van der Waals surface area contributed by atoms with E-state index in [-0.39, 0.29) is 0 Å². The maximum absolute atomic E-state index is 4.35. The summed E-state index contributed by atoms with van der Waals surface area (Å²) in [5.41, 5.74) is 0. The lowest BCUT2D eigenvalue weighted by Gasteiger charge is -2.15.